The first-order valence-electron chi connectivity index (χ1n) is 13.1. The third-order valence-corrected chi connectivity index (χ3v) is 6.57. The van der Waals surface area contributed by atoms with E-state index in [0.29, 0.717) is 34.7 Å². The first kappa shape index (κ1) is 28.1. The second-order valence-electron chi connectivity index (χ2n) is 9.45. The number of nitrogens with one attached hydrogen (secondary N) is 1. The molecule has 1 amide bonds. The molecule has 6 aromatic rings. The van der Waals surface area contributed by atoms with Crippen molar-refractivity contribution in [2.24, 2.45) is 0 Å². The normalized spacial score (nSPS) is 10.9. The van der Waals surface area contributed by atoms with Gasteiger partial charge in [-0.2, -0.15) is 0 Å². The Hall–Kier alpha value is -5.40. The van der Waals surface area contributed by atoms with Crippen LogP contribution in [0.1, 0.15) is 16.8 Å². The van der Waals surface area contributed by atoms with Gasteiger partial charge >= 0.3 is 0 Å². The number of amides is 1. The summed E-state index contributed by atoms with van der Waals surface area (Å²) in [5.74, 6) is -0.221. The highest BCUT2D eigenvalue weighted by Gasteiger charge is 2.15. The van der Waals surface area contributed by atoms with Crippen LogP contribution in [0.4, 0.5) is 5.69 Å². The Labute approximate surface area is 248 Å². The molecule has 1 N–H and O–H groups in total. The van der Waals surface area contributed by atoms with E-state index in [1.807, 2.05) is 103 Å². The highest BCUT2D eigenvalue weighted by atomic mass is 35.5. The third kappa shape index (κ3) is 6.32. The van der Waals surface area contributed by atoms with E-state index < -0.39 is 0 Å². The van der Waals surface area contributed by atoms with E-state index in [0.717, 1.165) is 22.3 Å². The maximum absolute atomic E-state index is 13.8. The van der Waals surface area contributed by atoms with E-state index in [-0.39, 0.29) is 23.9 Å². The van der Waals surface area contributed by atoms with Crippen LogP contribution in [0.3, 0.4) is 0 Å². The number of rotatable bonds is 7. The van der Waals surface area contributed by atoms with Crippen molar-refractivity contribution in [3.63, 3.8) is 0 Å². The van der Waals surface area contributed by atoms with E-state index in [1.54, 1.807) is 29.2 Å². The maximum Gasteiger partial charge on any atom is 0.278 e. The predicted octanol–water partition coefficient (Wildman–Crippen LogP) is 6.51. The zero-order valence-corrected chi connectivity index (χ0v) is 23.2. The van der Waals surface area contributed by atoms with Crippen LogP contribution in [-0.4, -0.2) is 25.4 Å². The van der Waals surface area contributed by atoms with Gasteiger partial charge in [0.1, 0.15) is 11.2 Å². The van der Waals surface area contributed by atoms with Crippen LogP contribution in [-0.2, 0) is 11.2 Å². The summed E-state index contributed by atoms with van der Waals surface area (Å²) in [4.78, 5) is 39.6. The molecule has 0 saturated carbocycles. The molecule has 3 heterocycles. The summed E-state index contributed by atoms with van der Waals surface area (Å²) in [5, 5.41) is 2.93. The van der Waals surface area contributed by atoms with E-state index in [2.05, 4.69) is 20.3 Å². The zero-order valence-electron chi connectivity index (χ0n) is 22.4. The number of carbonyl (C=O) groups excluding carboxylic acids is 1. The van der Waals surface area contributed by atoms with Gasteiger partial charge in [0.05, 0.1) is 5.69 Å². The van der Waals surface area contributed by atoms with Crippen molar-refractivity contribution in [1.29, 1.82) is 0 Å². The molecule has 0 aliphatic carbocycles. The number of hydrogen-bond donors (Lipinski definition) is 1. The van der Waals surface area contributed by atoms with Crippen molar-refractivity contribution in [3.8, 4) is 16.8 Å². The molecule has 0 radical (unpaired) electrons. The Morgan fingerprint density at radius 1 is 0.833 bits per heavy atom. The van der Waals surface area contributed by atoms with Crippen molar-refractivity contribution in [1.82, 2.24) is 19.5 Å². The first-order valence-corrected chi connectivity index (χ1v) is 13.1. The second-order valence-corrected chi connectivity index (χ2v) is 9.45. The van der Waals surface area contributed by atoms with Crippen LogP contribution in [0, 0.1) is 0 Å². The van der Waals surface area contributed by atoms with Crippen LogP contribution in [0.2, 0.25) is 0 Å². The van der Waals surface area contributed by atoms with Crippen molar-refractivity contribution in [2.75, 3.05) is 5.32 Å². The number of pyridine rings is 2. The first-order chi connectivity index (χ1) is 20.1. The molecule has 206 valence electrons. The summed E-state index contributed by atoms with van der Waals surface area (Å²) >= 11 is 0. The van der Waals surface area contributed by atoms with Gasteiger partial charge in [0.2, 0.25) is 5.91 Å². The number of halogens is 1. The van der Waals surface area contributed by atoms with E-state index in [4.69, 9.17) is 0 Å². The Balaban J connectivity index is 0.00000353. The Morgan fingerprint density at radius 2 is 1.62 bits per heavy atom. The molecule has 3 aromatic heterocycles. The van der Waals surface area contributed by atoms with Gasteiger partial charge in [0, 0.05) is 36.8 Å². The smallest absolute Gasteiger partial charge is 0.278 e. The van der Waals surface area contributed by atoms with Crippen LogP contribution in [0.5, 0.6) is 0 Å². The molecular formula is C34H26ClN5O2. The monoisotopic (exact) mass is 571 g/mol. The molecule has 6 rings (SSSR count). The number of carbonyl (C=O) groups is 1. The van der Waals surface area contributed by atoms with Gasteiger partial charge in [-0.15, -0.1) is 12.4 Å². The average molecular weight is 572 g/mol. The number of benzene rings is 3. The summed E-state index contributed by atoms with van der Waals surface area (Å²) in [6.45, 7) is 0. The van der Waals surface area contributed by atoms with Crippen molar-refractivity contribution in [2.45, 2.75) is 6.42 Å². The summed E-state index contributed by atoms with van der Waals surface area (Å²) in [6.07, 6.45) is 8.74. The van der Waals surface area contributed by atoms with Gasteiger partial charge in [-0.25, -0.2) is 9.97 Å². The molecule has 8 heteroatoms. The standard InChI is InChI=1S/C34H25N5O2.ClH/c40-32(17-16-24-8-2-1-3-9-24)37-28-13-4-11-26(21-28)27-12-5-14-29(22-27)39-33-30(15-7-19-36-33)38-31(34(39)41)20-25-10-6-18-35-23-25;/h1-19,21-23H,20H2,(H,37,40);1H. The summed E-state index contributed by atoms with van der Waals surface area (Å²) < 4.78 is 1.61. The van der Waals surface area contributed by atoms with Crippen molar-refractivity contribution in [3.05, 3.63) is 155 Å². The maximum atomic E-state index is 13.8. The van der Waals surface area contributed by atoms with Crippen LogP contribution < -0.4 is 10.9 Å². The van der Waals surface area contributed by atoms with Gasteiger partial charge < -0.3 is 5.32 Å². The molecule has 0 unspecified atom stereocenters. The lowest BCUT2D eigenvalue weighted by Gasteiger charge is -2.13. The molecule has 0 fully saturated rings. The lowest BCUT2D eigenvalue weighted by atomic mass is 10.0. The average Bonchev–Trinajstić information content (AvgIpc) is 3.02. The van der Waals surface area contributed by atoms with Crippen LogP contribution in [0.25, 0.3) is 34.1 Å². The fourth-order valence-electron chi connectivity index (χ4n) is 4.64. The van der Waals surface area contributed by atoms with E-state index >= 15 is 0 Å². The van der Waals surface area contributed by atoms with Crippen LogP contribution >= 0.6 is 12.4 Å². The van der Waals surface area contributed by atoms with Gasteiger partial charge in [-0.1, -0.05) is 60.7 Å². The minimum atomic E-state index is -0.233. The molecule has 7 nitrogen and oxygen atoms in total. The van der Waals surface area contributed by atoms with E-state index in [9.17, 15) is 9.59 Å². The molecular weight excluding hydrogens is 546 g/mol. The van der Waals surface area contributed by atoms with E-state index in [1.165, 1.54) is 6.08 Å². The molecule has 0 spiro atoms. The lowest BCUT2D eigenvalue weighted by Crippen LogP contribution is -2.25. The number of anilines is 1. The molecule has 0 saturated heterocycles. The van der Waals surface area contributed by atoms with Gasteiger partial charge in [0.15, 0.2) is 5.65 Å². The molecule has 0 bridgehead atoms. The number of aromatic nitrogens is 4. The highest BCUT2D eigenvalue weighted by molar-refractivity contribution is 6.02. The second kappa shape index (κ2) is 12.8. The van der Waals surface area contributed by atoms with Gasteiger partial charge in [-0.05, 0) is 70.8 Å². The Bertz CT molecular complexity index is 1940. The molecule has 0 aliphatic rings. The van der Waals surface area contributed by atoms with Crippen molar-refractivity contribution < 1.29 is 4.79 Å². The zero-order chi connectivity index (χ0) is 28.0. The summed E-state index contributed by atoms with van der Waals surface area (Å²) in [7, 11) is 0. The molecule has 0 aliphatic heterocycles. The van der Waals surface area contributed by atoms with Gasteiger partial charge in [0.25, 0.3) is 5.56 Å². The number of hydrogen-bond acceptors (Lipinski definition) is 5. The SMILES string of the molecule is Cl.O=C(C=Cc1ccccc1)Nc1cccc(-c2cccc(-n3c(=O)c(Cc4cccnc4)nc4cccnc43)c2)c1. The fourth-order valence-corrected chi connectivity index (χ4v) is 4.64. The lowest BCUT2D eigenvalue weighted by molar-refractivity contribution is -0.111. The number of nitrogens with zero attached hydrogens (tertiary/aromatic N) is 4. The van der Waals surface area contributed by atoms with Gasteiger partial charge in [-0.3, -0.25) is 19.1 Å². The molecule has 0 atom stereocenters. The summed E-state index contributed by atoms with van der Waals surface area (Å²) in [5.41, 5.74) is 6.27. The van der Waals surface area contributed by atoms with Crippen LogP contribution in [0.15, 0.2) is 133 Å². The third-order valence-electron chi connectivity index (χ3n) is 6.57. The highest BCUT2D eigenvalue weighted by Crippen LogP contribution is 2.26. The minimum absolute atomic E-state index is 0. The Morgan fingerprint density at radius 3 is 2.43 bits per heavy atom. The molecule has 42 heavy (non-hydrogen) atoms. The minimum Gasteiger partial charge on any atom is -0.322 e. The quantitative estimate of drug-likeness (QED) is 0.221. The Kier molecular flexibility index (Phi) is 8.61. The topological polar surface area (TPSA) is 89.8 Å². The number of fused-ring (bicyclic) bond motifs is 1. The van der Waals surface area contributed by atoms with Crippen molar-refractivity contribution >= 4 is 41.2 Å². The summed E-state index contributed by atoms with van der Waals surface area (Å²) in [6, 6.07) is 32.4. The largest absolute Gasteiger partial charge is 0.322 e. The molecule has 3 aromatic carbocycles. The fraction of sp³-hybridized carbons (Fsp3) is 0.0294. The predicted molar refractivity (Wildman–Crippen MR) is 169 cm³/mol.